The van der Waals surface area contributed by atoms with Gasteiger partial charge in [0, 0.05) is 12.6 Å². The van der Waals surface area contributed by atoms with E-state index in [1.54, 1.807) is 13.3 Å². The average Bonchev–Trinajstić information content (AvgIpc) is 2.59. The molecule has 0 radical (unpaired) electrons. The third-order valence-corrected chi connectivity index (χ3v) is 3.59. The van der Waals surface area contributed by atoms with Crippen LogP contribution in [0.5, 0.6) is 0 Å². The number of amides is 2. The zero-order valence-electron chi connectivity index (χ0n) is 13.1. The SMILES string of the molecule is CC(C)C[C@H](N)C(=O)N[C@H]1C(=O)N(C)N=Cc2ccccc21. The van der Waals surface area contributed by atoms with Crippen LogP contribution in [0.2, 0.25) is 0 Å². The van der Waals surface area contributed by atoms with E-state index in [1.165, 1.54) is 5.01 Å². The van der Waals surface area contributed by atoms with Gasteiger partial charge in [0.25, 0.3) is 5.91 Å². The van der Waals surface area contributed by atoms with E-state index in [4.69, 9.17) is 5.73 Å². The summed E-state index contributed by atoms with van der Waals surface area (Å²) >= 11 is 0. The lowest BCUT2D eigenvalue weighted by Gasteiger charge is -2.23. The molecule has 0 unspecified atom stereocenters. The first kappa shape index (κ1) is 16.2. The Hall–Kier alpha value is -2.21. The molecule has 0 aromatic heterocycles. The molecule has 0 saturated carbocycles. The summed E-state index contributed by atoms with van der Waals surface area (Å²) in [4.78, 5) is 24.7. The number of carbonyl (C=O) groups is 2. The number of carbonyl (C=O) groups excluding carboxylic acids is 2. The summed E-state index contributed by atoms with van der Waals surface area (Å²) in [6, 6.07) is 5.97. The third-order valence-electron chi connectivity index (χ3n) is 3.59. The average molecular weight is 302 g/mol. The second-order valence-electron chi connectivity index (χ2n) is 5.91. The van der Waals surface area contributed by atoms with Crippen molar-refractivity contribution in [1.29, 1.82) is 0 Å². The molecule has 6 nitrogen and oxygen atoms in total. The highest BCUT2D eigenvalue weighted by Gasteiger charge is 2.30. The van der Waals surface area contributed by atoms with Crippen molar-refractivity contribution in [3.05, 3.63) is 35.4 Å². The minimum Gasteiger partial charge on any atom is -0.339 e. The van der Waals surface area contributed by atoms with E-state index < -0.39 is 12.1 Å². The van der Waals surface area contributed by atoms with Crippen molar-refractivity contribution in [2.75, 3.05) is 7.05 Å². The highest BCUT2D eigenvalue weighted by Crippen LogP contribution is 2.22. The lowest BCUT2D eigenvalue weighted by molar-refractivity contribution is -0.135. The Balaban J connectivity index is 2.25. The molecule has 118 valence electrons. The maximum absolute atomic E-state index is 12.4. The van der Waals surface area contributed by atoms with Gasteiger partial charge in [0.1, 0.15) is 6.04 Å². The zero-order valence-corrected chi connectivity index (χ0v) is 13.1. The molecule has 6 heteroatoms. The number of benzene rings is 1. The van der Waals surface area contributed by atoms with Crippen molar-refractivity contribution in [3.63, 3.8) is 0 Å². The first-order valence-electron chi connectivity index (χ1n) is 7.36. The van der Waals surface area contributed by atoms with Gasteiger partial charge >= 0.3 is 0 Å². The van der Waals surface area contributed by atoms with E-state index in [0.717, 1.165) is 11.1 Å². The van der Waals surface area contributed by atoms with Crippen molar-refractivity contribution >= 4 is 18.0 Å². The standard InChI is InChI=1S/C16H22N4O2/c1-10(2)8-13(17)15(21)19-14-12-7-5-4-6-11(12)9-18-20(3)16(14)22/h4-7,9-10,13-14H,8,17H2,1-3H3,(H,19,21)/t13-,14+/m0/s1. The summed E-state index contributed by atoms with van der Waals surface area (Å²) < 4.78 is 0. The highest BCUT2D eigenvalue weighted by atomic mass is 16.2. The van der Waals surface area contributed by atoms with Gasteiger partial charge in [0.05, 0.1) is 12.3 Å². The normalized spacial score (nSPS) is 18.9. The third kappa shape index (κ3) is 3.51. The molecule has 1 aliphatic rings. The smallest absolute Gasteiger partial charge is 0.269 e. The largest absolute Gasteiger partial charge is 0.339 e. The second kappa shape index (κ2) is 6.70. The number of nitrogens with two attached hydrogens (primary N) is 1. The minimum atomic E-state index is -0.769. The Morgan fingerprint density at radius 2 is 2.09 bits per heavy atom. The van der Waals surface area contributed by atoms with Crippen LogP contribution in [-0.4, -0.2) is 36.1 Å². The number of nitrogens with zero attached hydrogens (tertiary/aromatic N) is 2. The van der Waals surface area contributed by atoms with Crippen LogP contribution in [0.1, 0.15) is 37.4 Å². The fourth-order valence-electron chi connectivity index (χ4n) is 2.42. The topological polar surface area (TPSA) is 87.8 Å². The summed E-state index contributed by atoms with van der Waals surface area (Å²) in [5, 5.41) is 8.07. The van der Waals surface area contributed by atoms with Crippen LogP contribution in [0.4, 0.5) is 0 Å². The maximum atomic E-state index is 12.4. The number of rotatable bonds is 4. The van der Waals surface area contributed by atoms with E-state index in [9.17, 15) is 9.59 Å². The molecule has 3 N–H and O–H groups in total. The summed E-state index contributed by atoms with van der Waals surface area (Å²) in [6.07, 6.45) is 2.19. The lowest BCUT2D eigenvalue weighted by Crippen LogP contribution is -2.46. The predicted octanol–water partition coefficient (Wildman–Crippen LogP) is 1.02. The Morgan fingerprint density at radius 1 is 1.41 bits per heavy atom. The minimum absolute atomic E-state index is 0.286. The predicted molar refractivity (Wildman–Crippen MR) is 85.1 cm³/mol. The number of hydrazone groups is 1. The summed E-state index contributed by atoms with van der Waals surface area (Å²) in [5.41, 5.74) is 7.44. The molecule has 1 aliphatic heterocycles. The number of hydrogen-bond donors (Lipinski definition) is 2. The Labute approximate surface area is 130 Å². The van der Waals surface area contributed by atoms with Crippen LogP contribution >= 0.6 is 0 Å². The number of nitrogens with one attached hydrogen (secondary N) is 1. The van der Waals surface area contributed by atoms with Crippen LogP contribution in [-0.2, 0) is 9.59 Å². The maximum Gasteiger partial charge on any atom is 0.269 e. The highest BCUT2D eigenvalue weighted by molar-refractivity contribution is 5.95. The molecule has 0 bridgehead atoms. The van der Waals surface area contributed by atoms with Crippen molar-refractivity contribution in [2.45, 2.75) is 32.4 Å². The van der Waals surface area contributed by atoms with Gasteiger partial charge in [-0.2, -0.15) is 5.10 Å². The lowest BCUT2D eigenvalue weighted by atomic mass is 9.99. The van der Waals surface area contributed by atoms with Gasteiger partial charge in [-0.15, -0.1) is 0 Å². The number of likely N-dealkylation sites (N-methyl/N-ethyl adjacent to an activating group) is 1. The molecule has 22 heavy (non-hydrogen) atoms. The van der Waals surface area contributed by atoms with E-state index in [0.29, 0.717) is 12.3 Å². The fraction of sp³-hybridized carbons (Fsp3) is 0.438. The zero-order chi connectivity index (χ0) is 16.3. The molecule has 1 heterocycles. The van der Waals surface area contributed by atoms with Gasteiger partial charge in [-0.05, 0) is 17.9 Å². The fourth-order valence-corrected chi connectivity index (χ4v) is 2.42. The molecule has 0 fully saturated rings. The van der Waals surface area contributed by atoms with E-state index >= 15 is 0 Å². The molecule has 2 amide bonds. The number of fused-ring (bicyclic) bond motifs is 1. The molecular formula is C16H22N4O2. The number of hydrogen-bond acceptors (Lipinski definition) is 4. The molecule has 1 aromatic carbocycles. The molecule has 0 aliphatic carbocycles. The Kier molecular flexibility index (Phi) is 4.92. The molecule has 2 atom stereocenters. The van der Waals surface area contributed by atoms with Gasteiger partial charge in [-0.1, -0.05) is 38.1 Å². The molecule has 2 rings (SSSR count). The summed E-state index contributed by atoms with van der Waals surface area (Å²) in [7, 11) is 1.57. The molecule has 1 aromatic rings. The van der Waals surface area contributed by atoms with Crippen molar-refractivity contribution in [1.82, 2.24) is 10.3 Å². The van der Waals surface area contributed by atoms with Crippen molar-refractivity contribution in [2.24, 2.45) is 16.8 Å². The van der Waals surface area contributed by atoms with Crippen LogP contribution < -0.4 is 11.1 Å². The molecular weight excluding hydrogens is 280 g/mol. The van der Waals surface area contributed by atoms with Crippen LogP contribution in [0.15, 0.2) is 29.4 Å². The summed E-state index contributed by atoms with van der Waals surface area (Å²) in [5.74, 6) is -0.299. The van der Waals surface area contributed by atoms with Crippen molar-refractivity contribution < 1.29 is 9.59 Å². The molecule has 0 saturated heterocycles. The van der Waals surface area contributed by atoms with Crippen molar-refractivity contribution in [3.8, 4) is 0 Å². The van der Waals surface area contributed by atoms with Gasteiger partial charge in [-0.25, -0.2) is 5.01 Å². The Bertz CT molecular complexity index is 598. The first-order valence-corrected chi connectivity index (χ1v) is 7.36. The van der Waals surface area contributed by atoms with Gasteiger partial charge < -0.3 is 11.1 Å². The van der Waals surface area contributed by atoms with Gasteiger partial charge in [-0.3, -0.25) is 9.59 Å². The van der Waals surface area contributed by atoms with E-state index in [1.807, 2.05) is 38.1 Å². The summed E-state index contributed by atoms with van der Waals surface area (Å²) in [6.45, 7) is 4.00. The van der Waals surface area contributed by atoms with Gasteiger partial charge in [0.2, 0.25) is 5.91 Å². The van der Waals surface area contributed by atoms with Crippen LogP contribution in [0.25, 0.3) is 0 Å². The monoisotopic (exact) mass is 302 g/mol. The quantitative estimate of drug-likeness (QED) is 0.870. The van der Waals surface area contributed by atoms with Gasteiger partial charge in [0.15, 0.2) is 0 Å². The molecule has 0 spiro atoms. The van der Waals surface area contributed by atoms with E-state index in [2.05, 4.69) is 10.4 Å². The van der Waals surface area contributed by atoms with Crippen LogP contribution in [0.3, 0.4) is 0 Å². The Morgan fingerprint density at radius 3 is 2.77 bits per heavy atom. The van der Waals surface area contributed by atoms with Crippen LogP contribution in [0, 0.1) is 5.92 Å². The van der Waals surface area contributed by atoms with E-state index in [-0.39, 0.29) is 11.8 Å². The second-order valence-corrected chi connectivity index (χ2v) is 5.91. The first-order chi connectivity index (χ1) is 10.4.